The van der Waals surface area contributed by atoms with Crippen LogP contribution in [0, 0.1) is 0 Å². The van der Waals surface area contributed by atoms with Crippen LogP contribution in [0.5, 0.6) is 5.75 Å². The molecule has 0 saturated heterocycles. The lowest BCUT2D eigenvalue weighted by Gasteiger charge is -2.19. The molecule has 2 aromatic carbocycles. The summed E-state index contributed by atoms with van der Waals surface area (Å²) < 4.78 is 43.9. The molecule has 2 rings (SSSR count). The van der Waals surface area contributed by atoms with Gasteiger partial charge in [-0.3, -0.25) is 4.79 Å². The van der Waals surface area contributed by atoms with Crippen molar-refractivity contribution in [3.05, 3.63) is 59.7 Å². The monoisotopic (exact) mass is 380 g/mol. The first-order valence-corrected chi connectivity index (χ1v) is 8.14. The number of carbonyl (C=O) groups is 1. The van der Waals surface area contributed by atoms with Gasteiger partial charge < -0.3 is 14.5 Å². The molecule has 144 valence electrons. The molecule has 0 aliphatic rings. The standard InChI is InChI=1S/C19H19F3N2O3/c1-3-27-23-12-18(25)24(2)17-10-5-4-7-14(17)13-26-16-9-6-8-15(11-16)19(20,21)22/h4-12H,3,13H2,1-2H3. The molecule has 1 amide bonds. The summed E-state index contributed by atoms with van der Waals surface area (Å²) in [6, 6.07) is 11.6. The Labute approximate surface area is 155 Å². The van der Waals surface area contributed by atoms with E-state index in [1.807, 2.05) is 0 Å². The number of halogens is 3. The van der Waals surface area contributed by atoms with Crippen LogP contribution in [0.2, 0.25) is 0 Å². The van der Waals surface area contributed by atoms with Crippen LogP contribution in [0.15, 0.2) is 53.7 Å². The van der Waals surface area contributed by atoms with E-state index in [0.717, 1.165) is 18.3 Å². The minimum atomic E-state index is -4.44. The molecule has 0 heterocycles. The Morgan fingerprint density at radius 2 is 1.93 bits per heavy atom. The smallest absolute Gasteiger partial charge is 0.416 e. The van der Waals surface area contributed by atoms with Crippen molar-refractivity contribution in [1.29, 1.82) is 0 Å². The molecule has 0 atom stereocenters. The molecule has 8 heteroatoms. The van der Waals surface area contributed by atoms with E-state index in [-0.39, 0.29) is 12.4 Å². The molecule has 0 fully saturated rings. The zero-order valence-corrected chi connectivity index (χ0v) is 14.9. The van der Waals surface area contributed by atoms with Gasteiger partial charge in [0.05, 0.1) is 11.3 Å². The van der Waals surface area contributed by atoms with Crippen molar-refractivity contribution in [2.45, 2.75) is 19.7 Å². The molecule has 0 saturated carbocycles. The molecule has 2 aromatic rings. The van der Waals surface area contributed by atoms with Crippen LogP contribution in [0.4, 0.5) is 18.9 Å². The number of alkyl halides is 3. The fourth-order valence-electron chi connectivity index (χ4n) is 2.25. The Balaban J connectivity index is 2.13. The first-order chi connectivity index (χ1) is 12.8. The Hall–Kier alpha value is -3.03. The predicted octanol–water partition coefficient (Wildman–Crippen LogP) is 4.27. The first-order valence-electron chi connectivity index (χ1n) is 8.14. The van der Waals surface area contributed by atoms with Gasteiger partial charge in [0.1, 0.15) is 25.2 Å². The maximum Gasteiger partial charge on any atom is 0.416 e. The molecule has 0 radical (unpaired) electrons. The van der Waals surface area contributed by atoms with Crippen LogP contribution in [0.3, 0.4) is 0 Å². The van der Waals surface area contributed by atoms with E-state index in [2.05, 4.69) is 5.16 Å². The van der Waals surface area contributed by atoms with E-state index in [1.165, 1.54) is 17.0 Å². The number of rotatable bonds is 7. The average Bonchev–Trinajstić information content (AvgIpc) is 2.65. The summed E-state index contributed by atoms with van der Waals surface area (Å²) >= 11 is 0. The molecule has 0 aromatic heterocycles. The van der Waals surface area contributed by atoms with Crippen molar-refractivity contribution in [1.82, 2.24) is 0 Å². The van der Waals surface area contributed by atoms with E-state index in [4.69, 9.17) is 9.57 Å². The zero-order chi connectivity index (χ0) is 19.9. The van der Waals surface area contributed by atoms with Crippen molar-refractivity contribution in [2.24, 2.45) is 5.16 Å². The SMILES string of the molecule is CCON=CC(=O)N(C)c1ccccc1COc1cccc(C(F)(F)F)c1. The molecular weight excluding hydrogens is 361 g/mol. The van der Waals surface area contributed by atoms with Gasteiger partial charge in [-0.1, -0.05) is 29.4 Å². The first kappa shape index (κ1) is 20.3. The maximum atomic E-state index is 12.8. The second-order valence-electron chi connectivity index (χ2n) is 5.49. The second-order valence-corrected chi connectivity index (χ2v) is 5.49. The summed E-state index contributed by atoms with van der Waals surface area (Å²) in [6.07, 6.45) is -3.39. The van der Waals surface area contributed by atoms with Crippen LogP contribution in [-0.4, -0.2) is 25.8 Å². The summed E-state index contributed by atoms with van der Waals surface area (Å²) in [5, 5.41) is 3.54. The Kier molecular flexibility index (Phi) is 6.81. The van der Waals surface area contributed by atoms with Gasteiger partial charge in [0.2, 0.25) is 0 Å². The van der Waals surface area contributed by atoms with E-state index in [0.29, 0.717) is 17.9 Å². The topological polar surface area (TPSA) is 51.1 Å². The number of para-hydroxylation sites is 1. The van der Waals surface area contributed by atoms with Crippen molar-refractivity contribution >= 4 is 17.8 Å². The quantitative estimate of drug-likeness (QED) is 0.532. The van der Waals surface area contributed by atoms with Crippen LogP contribution >= 0.6 is 0 Å². The van der Waals surface area contributed by atoms with Gasteiger partial charge in [-0.15, -0.1) is 0 Å². The van der Waals surface area contributed by atoms with Crippen LogP contribution in [-0.2, 0) is 22.4 Å². The zero-order valence-electron chi connectivity index (χ0n) is 14.9. The Morgan fingerprint density at radius 1 is 1.19 bits per heavy atom. The highest BCUT2D eigenvalue weighted by Gasteiger charge is 2.30. The number of nitrogens with zero attached hydrogens (tertiary/aromatic N) is 2. The largest absolute Gasteiger partial charge is 0.489 e. The number of anilines is 1. The van der Waals surface area contributed by atoms with Gasteiger partial charge in [0, 0.05) is 12.6 Å². The fourth-order valence-corrected chi connectivity index (χ4v) is 2.25. The van der Waals surface area contributed by atoms with Crippen molar-refractivity contribution in [2.75, 3.05) is 18.6 Å². The number of carbonyl (C=O) groups excluding carboxylic acids is 1. The van der Waals surface area contributed by atoms with Crippen LogP contribution in [0.25, 0.3) is 0 Å². The maximum absolute atomic E-state index is 12.8. The summed E-state index contributed by atoms with van der Waals surface area (Å²) in [6.45, 7) is 2.08. The normalized spacial score (nSPS) is 11.4. The predicted molar refractivity (Wildman–Crippen MR) is 95.7 cm³/mol. The van der Waals surface area contributed by atoms with Crippen molar-refractivity contribution in [3.63, 3.8) is 0 Å². The van der Waals surface area contributed by atoms with Gasteiger partial charge >= 0.3 is 6.18 Å². The fraction of sp³-hybridized carbons (Fsp3) is 0.263. The van der Waals surface area contributed by atoms with E-state index in [9.17, 15) is 18.0 Å². The number of oxime groups is 1. The van der Waals surface area contributed by atoms with Crippen LogP contribution < -0.4 is 9.64 Å². The lowest BCUT2D eigenvalue weighted by atomic mass is 10.1. The van der Waals surface area contributed by atoms with E-state index in [1.54, 1.807) is 38.2 Å². The molecule has 0 spiro atoms. The Bertz CT molecular complexity index is 807. The highest BCUT2D eigenvalue weighted by Crippen LogP contribution is 2.31. The van der Waals surface area contributed by atoms with Gasteiger partial charge in [-0.05, 0) is 31.2 Å². The molecule has 0 N–H and O–H groups in total. The third-order valence-electron chi connectivity index (χ3n) is 3.61. The molecular formula is C19H19F3N2O3. The minimum absolute atomic E-state index is 0.00228. The van der Waals surface area contributed by atoms with Gasteiger partial charge in [-0.25, -0.2) is 0 Å². The number of amides is 1. The lowest BCUT2D eigenvalue weighted by molar-refractivity contribution is -0.137. The molecule has 0 unspecified atom stereocenters. The van der Waals surface area contributed by atoms with Gasteiger partial charge in [-0.2, -0.15) is 13.2 Å². The minimum Gasteiger partial charge on any atom is -0.489 e. The second kappa shape index (κ2) is 9.07. The van der Waals surface area contributed by atoms with Crippen LogP contribution in [0.1, 0.15) is 18.1 Å². The molecule has 27 heavy (non-hydrogen) atoms. The number of ether oxygens (including phenoxy) is 1. The highest BCUT2D eigenvalue weighted by molar-refractivity contribution is 6.32. The summed E-state index contributed by atoms with van der Waals surface area (Å²) in [7, 11) is 1.56. The summed E-state index contributed by atoms with van der Waals surface area (Å²) in [5.74, 6) is -0.318. The van der Waals surface area contributed by atoms with E-state index < -0.39 is 17.6 Å². The lowest BCUT2D eigenvalue weighted by Crippen LogP contribution is -2.28. The summed E-state index contributed by atoms with van der Waals surface area (Å²) in [4.78, 5) is 18.3. The number of hydrogen-bond donors (Lipinski definition) is 0. The summed E-state index contributed by atoms with van der Waals surface area (Å²) in [5.41, 5.74) is 0.403. The van der Waals surface area contributed by atoms with Crippen molar-refractivity contribution < 1.29 is 27.5 Å². The van der Waals surface area contributed by atoms with Gasteiger partial charge in [0.25, 0.3) is 5.91 Å². The number of benzene rings is 2. The molecule has 0 aliphatic heterocycles. The average molecular weight is 380 g/mol. The van der Waals surface area contributed by atoms with Crippen molar-refractivity contribution in [3.8, 4) is 5.75 Å². The van der Waals surface area contributed by atoms with E-state index >= 15 is 0 Å². The van der Waals surface area contributed by atoms with Gasteiger partial charge in [0.15, 0.2) is 0 Å². The molecule has 0 aliphatic carbocycles. The third-order valence-corrected chi connectivity index (χ3v) is 3.61. The molecule has 0 bridgehead atoms. The third kappa shape index (κ3) is 5.73. The highest BCUT2D eigenvalue weighted by atomic mass is 19.4. The Morgan fingerprint density at radius 3 is 2.63 bits per heavy atom. The number of hydrogen-bond acceptors (Lipinski definition) is 4. The molecule has 5 nitrogen and oxygen atoms in total.